The second-order valence-electron chi connectivity index (χ2n) is 4.65. The normalized spacial score (nSPS) is 12.4. The Hall–Kier alpha value is -1.28. The lowest BCUT2D eigenvalue weighted by molar-refractivity contribution is -0.0436. The molecular formula is C13H18F3NO3S. The van der Waals surface area contributed by atoms with Crippen molar-refractivity contribution in [2.45, 2.75) is 29.7 Å². The topological polar surface area (TPSA) is 57.6 Å². The lowest BCUT2D eigenvalue weighted by atomic mass is 10.2. The Morgan fingerprint density at radius 3 is 2.14 bits per heavy atom. The van der Waals surface area contributed by atoms with E-state index in [9.17, 15) is 21.6 Å². The summed E-state index contributed by atoms with van der Waals surface area (Å²) in [5, 5.41) is 8.66. The number of alkyl halides is 3. The van der Waals surface area contributed by atoms with Gasteiger partial charge in [0.1, 0.15) is 0 Å². The van der Waals surface area contributed by atoms with Gasteiger partial charge in [0, 0.05) is 25.9 Å². The fourth-order valence-electron chi connectivity index (χ4n) is 1.78. The maximum atomic E-state index is 12.4. The summed E-state index contributed by atoms with van der Waals surface area (Å²) < 4.78 is 59.6. The van der Waals surface area contributed by atoms with Gasteiger partial charge in [0.05, 0.1) is 4.90 Å². The Kier molecular flexibility index (Phi) is 6.03. The number of hydrogen-bond acceptors (Lipinski definition) is 4. The lowest BCUT2D eigenvalue weighted by Crippen LogP contribution is -2.23. The molecule has 0 saturated carbocycles. The van der Waals surface area contributed by atoms with Gasteiger partial charge in [0.25, 0.3) is 9.84 Å². The molecule has 1 N–H and O–H groups in total. The number of benzene rings is 1. The van der Waals surface area contributed by atoms with Crippen molar-refractivity contribution in [2.75, 3.05) is 25.1 Å². The van der Waals surface area contributed by atoms with Crippen molar-refractivity contribution in [2.24, 2.45) is 0 Å². The van der Waals surface area contributed by atoms with Crippen LogP contribution in [0.25, 0.3) is 0 Å². The van der Waals surface area contributed by atoms with Gasteiger partial charge in [-0.15, -0.1) is 0 Å². The highest BCUT2D eigenvalue weighted by atomic mass is 32.2. The molecule has 1 aromatic rings. The molecule has 0 spiro atoms. The third-order valence-corrected chi connectivity index (χ3v) is 4.55. The zero-order valence-electron chi connectivity index (χ0n) is 11.6. The third-order valence-electron chi connectivity index (χ3n) is 3.04. The van der Waals surface area contributed by atoms with E-state index < -0.39 is 20.2 Å². The summed E-state index contributed by atoms with van der Waals surface area (Å²) >= 11 is 0. The molecule has 4 nitrogen and oxygen atoms in total. The number of nitrogens with zero attached hydrogens (tertiary/aromatic N) is 1. The molecule has 21 heavy (non-hydrogen) atoms. The predicted octanol–water partition coefficient (Wildman–Crippen LogP) is 2.58. The Balaban J connectivity index is 2.74. The summed E-state index contributed by atoms with van der Waals surface area (Å²) in [6.45, 7) is 0.805. The summed E-state index contributed by atoms with van der Waals surface area (Å²) in [7, 11) is -3.52. The summed E-state index contributed by atoms with van der Waals surface area (Å²) in [6.07, 6.45) is 2.39. The molecule has 0 radical (unpaired) electrons. The number of sulfone groups is 1. The first kappa shape index (κ1) is 17.8. The molecule has 0 aliphatic heterocycles. The number of unbranched alkanes of at least 4 members (excludes halogenated alkanes) is 2. The Morgan fingerprint density at radius 2 is 1.67 bits per heavy atom. The van der Waals surface area contributed by atoms with Crippen LogP contribution in [-0.4, -0.2) is 39.2 Å². The molecule has 0 aliphatic rings. The summed E-state index contributed by atoms with van der Waals surface area (Å²) in [5.74, 6) is 0. The highest BCUT2D eigenvalue weighted by Gasteiger charge is 2.46. The Bertz CT molecular complexity index is 541. The van der Waals surface area contributed by atoms with Gasteiger partial charge in [-0.25, -0.2) is 8.42 Å². The van der Waals surface area contributed by atoms with Crippen molar-refractivity contribution in [3.05, 3.63) is 24.3 Å². The van der Waals surface area contributed by atoms with Crippen LogP contribution >= 0.6 is 0 Å². The molecule has 0 aliphatic carbocycles. The maximum Gasteiger partial charge on any atom is 0.501 e. The van der Waals surface area contributed by atoms with Gasteiger partial charge in [-0.1, -0.05) is 0 Å². The van der Waals surface area contributed by atoms with Gasteiger partial charge in [0.15, 0.2) is 0 Å². The van der Waals surface area contributed by atoms with E-state index >= 15 is 0 Å². The first-order chi connectivity index (χ1) is 9.70. The van der Waals surface area contributed by atoms with Crippen LogP contribution in [-0.2, 0) is 9.84 Å². The third kappa shape index (κ3) is 4.60. The minimum Gasteiger partial charge on any atom is -0.396 e. The van der Waals surface area contributed by atoms with Gasteiger partial charge in [0.2, 0.25) is 0 Å². The van der Waals surface area contributed by atoms with Crippen LogP contribution in [0.15, 0.2) is 29.2 Å². The van der Waals surface area contributed by atoms with Crippen LogP contribution in [0.1, 0.15) is 19.3 Å². The van der Waals surface area contributed by atoms with E-state index in [0.29, 0.717) is 18.7 Å². The monoisotopic (exact) mass is 325 g/mol. The maximum absolute atomic E-state index is 12.4. The number of hydrogen-bond donors (Lipinski definition) is 1. The van der Waals surface area contributed by atoms with Gasteiger partial charge in [-0.2, -0.15) is 13.2 Å². The smallest absolute Gasteiger partial charge is 0.396 e. The fourth-order valence-corrected chi connectivity index (χ4v) is 2.54. The molecule has 0 aromatic heterocycles. The zero-order chi connectivity index (χ0) is 16.1. The number of halogens is 3. The van der Waals surface area contributed by atoms with E-state index in [1.807, 2.05) is 4.90 Å². The minimum atomic E-state index is -5.29. The van der Waals surface area contributed by atoms with Crippen molar-refractivity contribution in [3.63, 3.8) is 0 Å². The Labute approximate surface area is 122 Å². The van der Waals surface area contributed by atoms with Crippen molar-refractivity contribution in [1.29, 1.82) is 0 Å². The fraction of sp³-hybridized carbons (Fsp3) is 0.538. The zero-order valence-corrected chi connectivity index (χ0v) is 12.4. The van der Waals surface area contributed by atoms with E-state index in [1.54, 1.807) is 7.05 Å². The Morgan fingerprint density at radius 1 is 1.10 bits per heavy atom. The molecule has 0 unspecified atom stereocenters. The summed E-state index contributed by atoms with van der Waals surface area (Å²) in [5.41, 5.74) is -4.65. The van der Waals surface area contributed by atoms with E-state index in [-0.39, 0.29) is 6.61 Å². The number of anilines is 1. The summed E-state index contributed by atoms with van der Waals surface area (Å²) in [6, 6.07) is 4.63. The van der Waals surface area contributed by atoms with E-state index in [0.717, 1.165) is 25.0 Å². The second kappa shape index (κ2) is 7.13. The van der Waals surface area contributed by atoms with Crippen molar-refractivity contribution in [3.8, 4) is 0 Å². The van der Waals surface area contributed by atoms with E-state index in [4.69, 9.17) is 5.11 Å². The van der Waals surface area contributed by atoms with Crippen LogP contribution in [0, 0.1) is 0 Å². The van der Waals surface area contributed by atoms with E-state index in [1.165, 1.54) is 12.1 Å². The van der Waals surface area contributed by atoms with Gasteiger partial charge in [-0.3, -0.25) is 0 Å². The molecule has 120 valence electrons. The molecule has 0 fully saturated rings. The molecule has 0 saturated heterocycles. The van der Waals surface area contributed by atoms with E-state index in [2.05, 4.69) is 0 Å². The van der Waals surface area contributed by atoms with Crippen LogP contribution in [0.2, 0.25) is 0 Å². The summed E-state index contributed by atoms with van der Waals surface area (Å²) in [4.78, 5) is 1.06. The molecule has 8 heteroatoms. The molecule has 0 atom stereocenters. The molecule has 0 bridgehead atoms. The molecule has 0 amide bonds. The molecule has 1 rings (SSSR count). The number of aliphatic hydroxyl groups excluding tert-OH is 1. The number of rotatable bonds is 7. The van der Waals surface area contributed by atoms with Crippen molar-refractivity contribution < 1.29 is 26.7 Å². The van der Waals surface area contributed by atoms with Crippen molar-refractivity contribution >= 4 is 15.5 Å². The highest BCUT2D eigenvalue weighted by Crippen LogP contribution is 2.31. The van der Waals surface area contributed by atoms with Crippen LogP contribution in [0.3, 0.4) is 0 Å². The average Bonchev–Trinajstić information content (AvgIpc) is 2.42. The van der Waals surface area contributed by atoms with Crippen LogP contribution in [0.4, 0.5) is 18.9 Å². The highest BCUT2D eigenvalue weighted by molar-refractivity contribution is 7.92. The first-order valence-electron chi connectivity index (χ1n) is 6.43. The first-order valence-corrected chi connectivity index (χ1v) is 7.92. The molecule has 0 heterocycles. The van der Waals surface area contributed by atoms with Crippen LogP contribution < -0.4 is 4.90 Å². The van der Waals surface area contributed by atoms with Gasteiger partial charge < -0.3 is 10.0 Å². The quantitative estimate of drug-likeness (QED) is 0.783. The second-order valence-corrected chi connectivity index (χ2v) is 6.59. The van der Waals surface area contributed by atoms with Gasteiger partial charge in [-0.05, 0) is 43.5 Å². The SMILES string of the molecule is CN(CCCCCO)c1ccc(S(=O)(=O)C(F)(F)F)cc1. The predicted molar refractivity (Wildman–Crippen MR) is 73.9 cm³/mol. The molecule has 1 aromatic carbocycles. The molecular weight excluding hydrogens is 307 g/mol. The largest absolute Gasteiger partial charge is 0.501 e. The van der Waals surface area contributed by atoms with Gasteiger partial charge >= 0.3 is 5.51 Å². The lowest BCUT2D eigenvalue weighted by Gasteiger charge is -2.19. The standard InChI is InChI=1S/C13H18F3NO3S/c1-17(9-3-2-4-10-18)11-5-7-12(8-6-11)21(19,20)13(14,15)16/h5-8,18H,2-4,9-10H2,1H3. The van der Waals surface area contributed by atoms with Crippen LogP contribution in [0.5, 0.6) is 0 Å². The average molecular weight is 325 g/mol. The van der Waals surface area contributed by atoms with Crippen molar-refractivity contribution in [1.82, 2.24) is 0 Å². The number of aliphatic hydroxyl groups is 1. The minimum absolute atomic E-state index is 0.133.